The van der Waals surface area contributed by atoms with Crippen molar-refractivity contribution in [3.63, 3.8) is 0 Å². The summed E-state index contributed by atoms with van der Waals surface area (Å²) in [5, 5.41) is 0. The highest BCUT2D eigenvalue weighted by molar-refractivity contribution is 7.13. The number of rotatable bonds is 1. The molecule has 1 aliphatic rings. The summed E-state index contributed by atoms with van der Waals surface area (Å²) in [6, 6.07) is 0. The average molecular weight is 218 g/mol. The molecule has 0 bridgehead atoms. The highest BCUT2D eigenvalue weighted by atomic mass is 32.1. The predicted molar refractivity (Wildman–Crippen MR) is 70.4 cm³/mol. The number of fused-ring (bicyclic) bond motifs is 1. The Morgan fingerprint density at radius 3 is 2.40 bits per heavy atom. The number of thiophene rings is 1. The molecule has 1 aliphatic carbocycles. The Bertz CT molecular complexity index is 458. The van der Waals surface area contributed by atoms with Crippen LogP contribution in [0.3, 0.4) is 0 Å². The first kappa shape index (κ1) is 10.7. The molecule has 0 saturated carbocycles. The summed E-state index contributed by atoms with van der Waals surface area (Å²) in [4.78, 5) is 3.00. The fraction of sp³-hybridized carbons (Fsp3) is 0.429. The number of hydrogen-bond acceptors (Lipinski definition) is 1. The summed E-state index contributed by atoms with van der Waals surface area (Å²) >= 11 is 1.96. The fourth-order valence-electron chi connectivity index (χ4n) is 2.35. The van der Waals surface area contributed by atoms with Gasteiger partial charge in [-0.1, -0.05) is 18.6 Å². The van der Waals surface area contributed by atoms with Gasteiger partial charge in [0.25, 0.3) is 0 Å². The topological polar surface area (TPSA) is 0 Å². The zero-order valence-corrected chi connectivity index (χ0v) is 11.0. The van der Waals surface area contributed by atoms with Gasteiger partial charge in [0.1, 0.15) is 0 Å². The van der Waals surface area contributed by atoms with E-state index in [-0.39, 0.29) is 0 Å². The van der Waals surface area contributed by atoms with Crippen LogP contribution in [0.5, 0.6) is 0 Å². The van der Waals surface area contributed by atoms with Crippen molar-refractivity contribution in [3.05, 3.63) is 32.5 Å². The van der Waals surface area contributed by atoms with Crippen LogP contribution >= 0.6 is 11.3 Å². The van der Waals surface area contributed by atoms with Gasteiger partial charge in [-0.15, -0.1) is 11.3 Å². The van der Waals surface area contributed by atoms with Crippen LogP contribution in [-0.2, 0) is 0 Å². The van der Waals surface area contributed by atoms with Crippen molar-refractivity contribution >= 4 is 23.0 Å². The molecular formula is C14H18S. The molecule has 1 aromatic rings. The normalized spacial score (nSPS) is 20.5. The molecule has 0 aromatic carbocycles. The van der Waals surface area contributed by atoms with Crippen LogP contribution < -0.4 is 0 Å². The Hall–Kier alpha value is -0.820. The quantitative estimate of drug-likeness (QED) is 0.622. The molecule has 1 atom stereocenters. The Morgan fingerprint density at radius 2 is 1.87 bits per heavy atom. The van der Waals surface area contributed by atoms with Gasteiger partial charge in [0.15, 0.2) is 0 Å². The zero-order chi connectivity index (χ0) is 11.2. The molecule has 1 heterocycles. The molecule has 0 radical (unpaired) electrons. The van der Waals surface area contributed by atoms with E-state index in [1.807, 2.05) is 11.3 Å². The van der Waals surface area contributed by atoms with Crippen molar-refractivity contribution < 1.29 is 0 Å². The largest absolute Gasteiger partial charge is 0.139 e. The van der Waals surface area contributed by atoms with Crippen LogP contribution in [0, 0.1) is 6.92 Å². The van der Waals surface area contributed by atoms with Crippen LogP contribution in [0.1, 0.15) is 54.5 Å². The standard InChI is InChI=1S/C14H18S/c1-6-7-12-11(5)13-9(3)8(2)10(4)14(13)15-12/h6-7,10H,1-5H3/b7-6-/t10-/m1/s1. The maximum Gasteiger partial charge on any atom is 0.0305 e. The highest BCUT2D eigenvalue weighted by Crippen LogP contribution is 2.48. The van der Waals surface area contributed by atoms with E-state index < -0.39 is 0 Å². The van der Waals surface area contributed by atoms with Gasteiger partial charge in [0, 0.05) is 15.7 Å². The average Bonchev–Trinajstić information content (AvgIpc) is 2.63. The molecule has 2 rings (SSSR count). The van der Waals surface area contributed by atoms with Gasteiger partial charge in [0.2, 0.25) is 0 Å². The van der Waals surface area contributed by atoms with Gasteiger partial charge < -0.3 is 0 Å². The lowest BCUT2D eigenvalue weighted by Gasteiger charge is -2.03. The van der Waals surface area contributed by atoms with Gasteiger partial charge in [-0.25, -0.2) is 0 Å². The summed E-state index contributed by atoms with van der Waals surface area (Å²) in [6.07, 6.45) is 4.36. The van der Waals surface area contributed by atoms with Crippen LogP contribution in [0.15, 0.2) is 11.6 Å². The Labute approximate surface area is 96.3 Å². The lowest BCUT2D eigenvalue weighted by Crippen LogP contribution is -1.85. The van der Waals surface area contributed by atoms with E-state index in [0.29, 0.717) is 5.92 Å². The molecule has 15 heavy (non-hydrogen) atoms. The van der Waals surface area contributed by atoms with Gasteiger partial charge >= 0.3 is 0 Å². The van der Waals surface area contributed by atoms with Crippen molar-refractivity contribution in [2.45, 2.75) is 40.5 Å². The Balaban J connectivity index is 2.64. The van der Waals surface area contributed by atoms with E-state index in [1.54, 1.807) is 10.5 Å². The predicted octanol–water partition coefficient (Wildman–Crippen LogP) is 5.00. The first-order valence-corrected chi connectivity index (χ1v) is 6.33. The van der Waals surface area contributed by atoms with Crippen molar-refractivity contribution in [2.75, 3.05) is 0 Å². The highest BCUT2D eigenvalue weighted by Gasteiger charge is 2.27. The van der Waals surface area contributed by atoms with Gasteiger partial charge in [-0.2, -0.15) is 0 Å². The zero-order valence-electron chi connectivity index (χ0n) is 10.1. The number of allylic oxidation sites excluding steroid dienone is 3. The van der Waals surface area contributed by atoms with Crippen LogP contribution in [0.25, 0.3) is 11.6 Å². The summed E-state index contributed by atoms with van der Waals surface area (Å²) in [7, 11) is 0. The Kier molecular flexibility index (Phi) is 2.59. The monoisotopic (exact) mass is 218 g/mol. The first-order chi connectivity index (χ1) is 7.07. The summed E-state index contributed by atoms with van der Waals surface area (Å²) in [5.41, 5.74) is 6.04. The minimum absolute atomic E-state index is 0.628. The Morgan fingerprint density at radius 1 is 1.20 bits per heavy atom. The van der Waals surface area contributed by atoms with Gasteiger partial charge in [0.05, 0.1) is 0 Å². The molecule has 80 valence electrons. The second-order valence-electron chi connectivity index (χ2n) is 4.36. The summed E-state index contributed by atoms with van der Waals surface area (Å²) < 4.78 is 0. The molecule has 0 saturated heterocycles. The molecule has 0 nitrogen and oxygen atoms in total. The van der Waals surface area contributed by atoms with Crippen molar-refractivity contribution in [1.82, 2.24) is 0 Å². The molecular weight excluding hydrogens is 200 g/mol. The van der Waals surface area contributed by atoms with Gasteiger partial charge in [-0.05, 0) is 50.5 Å². The van der Waals surface area contributed by atoms with Crippen molar-refractivity contribution in [3.8, 4) is 0 Å². The van der Waals surface area contributed by atoms with E-state index in [0.717, 1.165) is 0 Å². The van der Waals surface area contributed by atoms with Crippen LogP contribution in [-0.4, -0.2) is 0 Å². The maximum atomic E-state index is 2.32. The van der Waals surface area contributed by atoms with Crippen molar-refractivity contribution in [1.29, 1.82) is 0 Å². The molecule has 0 spiro atoms. The molecule has 0 aliphatic heterocycles. The third-order valence-corrected chi connectivity index (χ3v) is 4.98. The molecule has 0 amide bonds. The van der Waals surface area contributed by atoms with Crippen molar-refractivity contribution in [2.24, 2.45) is 0 Å². The maximum absolute atomic E-state index is 2.32. The number of hydrogen-bond donors (Lipinski definition) is 0. The van der Waals surface area contributed by atoms with E-state index in [4.69, 9.17) is 0 Å². The van der Waals surface area contributed by atoms with Gasteiger partial charge in [-0.3, -0.25) is 0 Å². The minimum atomic E-state index is 0.628. The summed E-state index contributed by atoms with van der Waals surface area (Å²) in [5.74, 6) is 0.628. The van der Waals surface area contributed by atoms with E-state index in [1.165, 1.54) is 21.6 Å². The third-order valence-electron chi connectivity index (χ3n) is 3.54. The van der Waals surface area contributed by atoms with E-state index in [2.05, 4.69) is 46.8 Å². The molecule has 0 N–H and O–H groups in total. The lowest BCUT2D eigenvalue weighted by atomic mass is 10.1. The lowest BCUT2D eigenvalue weighted by molar-refractivity contribution is 0.941. The summed E-state index contributed by atoms with van der Waals surface area (Å²) in [6.45, 7) is 11.2. The SMILES string of the molecule is C/C=C\c1sc2c(c1C)C(C)=C(C)[C@H]2C. The first-order valence-electron chi connectivity index (χ1n) is 5.51. The van der Waals surface area contributed by atoms with E-state index in [9.17, 15) is 0 Å². The minimum Gasteiger partial charge on any atom is -0.139 e. The molecule has 1 aromatic heterocycles. The fourth-order valence-corrected chi connectivity index (χ4v) is 3.81. The second-order valence-corrected chi connectivity index (χ2v) is 5.44. The van der Waals surface area contributed by atoms with Crippen LogP contribution in [0.4, 0.5) is 0 Å². The smallest absolute Gasteiger partial charge is 0.0305 e. The molecule has 0 fully saturated rings. The third kappa shape index (κ3) is 1.41. The second kappa shape index (κ2) is 3.64. The molecule has 0 unspecified atom stereocenters. The van der Waals surface area contributed by atoms with E-state index >= 15 is 0 Å². The molecule has 1 heteroatoms. The van der Waals surface area contributed by atoms with Crippen LogP contribution in [0.2, 0.25) is 0 Å².